The van der Waals surface area contributed by atoms with Crippen molar-refractivity contribution < 1.29 is 4.79 Å². The lowest BCUT2D eigenvalue weighted by molar-refractivity contribution is -0.117. The van der Waals surface area contributed by atoms with Crippen LogP contribution >= 0.6 is 0 Å². The number of nitrogens with zero attached hydrogens (tertiary/aromatic N) is 1. The minimum absolute atomic E-state index is 0.108. The SMILES string of the molecule is CC/C(C)=N/NCC(N)=O. The largest absolute Gasteiger partial charge is 0.368 e. The summed E-state index contributed by atoms with van der Waals surface area (Å²) in [4.78, 5) is 10.2. The number of nitrogens with two attached hydrogens (primary N) is 1. The zero-order chi connectivity index (χ0) is 7.98. The standard InChI is InChI=1S/C6H13N3O/c1-3-5(2)9-8-4-6(7)10/h8H,3-4H2,1-2H3,(H2,7,10)/b9-5+. The third-order valence-electron chi connectivity index (χ3n) is 1.03. The molecule has 58 valence electrons. The Morgan fingerprint density at radius 3 is 2.70 bits per heavy atom. The second kappa shape index (κ2) is 4.78. The van der Waals surface area contributed by atoms with E-state index in [0.29, 0.717) is 0 Å². The van der Waals surface area contributed by atoms with Crippen molar-refractivity contribution in [3.05, 3.63) is 0 Å². The van der Waals surface area contributed by atoms with Gasteiger partial charge in [0.05, 0.1) is 0 Å². The van der Waals surface area contributed by atoms with E-state index >= 15 is 0 Å². The molecular formula is C6H13N3O. The second-order valence-corrected chi connectivity index (χ2v) is 2.00. The van der Waals surface area contributed by atoms with Crippen LogP contribution in [0, 0.1) is 0 Å². The number of hydrazone groups is 1. The number of amides is 1. The number of primary amides is 1. The number of hydrogen-bond acceptors (Lipinski definition) is 3. The van der Waals surface area contributed by atoms with Crippen LogP contribution in [0.1, 0.15) is 20.3 Å². The van der Waals surface area contributed by atoms with Gasteiger partial charge in [0.2, 0.25) is 5.91 Å². The van der Waals surface area contributed by atoms with Crippen LogP contribution < -0.4 is 11.2 Å². The van der Waals surface area contributed by atoms with Crippen molar-refractivity contribution >= 4 is 11.6 Å². The van der Waals surface area contributed by atoms with Gasteiger partial charge >= 0.3 is 0 Å². The summed E-state index contributed by atoms with van der Waals surface area (Å²) in [6.45, 7) is 3.98. The molecule has 10 heavy (non-hydrogen) atoms. The lowest BCUT2D eigenvalue weighted by atomic mass is 10.3. The molecule has 4 heteroatoms. The molecule has 0 aromatic heterocycles. The third kappa shape index (κ3) is 5.08. The highest BCUT2D eigenvalue weighted by Crippen LogP contribution is 1.79. The maximum absolute atomic E-state index is 10.2. The summed E-state index contributed by atoms with van der Waals surface area (Å²) in [5.74, 6) is -0.396. The van der Waals surface area contributed by atoms with Crippen LogP contribution in [0.3, 0.4) is 0 Å². The molecule has 0 heterocycles. The number of rotatable bonds is 4. The number of carbonyl (C=O) groups excluding carboxylic acids is 1. The van der Waals surface area contributed by atoms with Crippen molar-refractivity contribution in [3.63, 3.8) is 0 Å². The zero-order valence-electron chi connectivity index (χ0n) is 6.35. The summed E-state index contributed by atoms with van der Waals surface area (Å²) in [7, 11) is 0. The van der Waals surface area contributed by atoms with Crippen molar-refractivity contribution in [2.24, 2.45) is 10.8 Å². The molecule has 0 saturated heterocycles. The van der Waals surface area contributed by atoms with E-state index in [4.69, 9.17) is 5.73 Å². The minimum Gasteiger partial charge on any atom is -0.368 e. The summed E-state index contributed by atoms with van der Waals surface area (Å²) in [5.41, 5.74) is 8.36. The Hall–Kier alpha value is -1.06. The van der Waals surface area contributed by atoms with E-state index < -0.39 is 5.91 Å². The molecule has 1 amide bonds. The second-order valence-electron chi connectivity index (χ2n) is 2.00. The average molecular weight is 143 g/mol. The highest BCUT2D eigenvalue weighted by atomic mass is 16.1. The molecule has 0 aromatic rings. The fourth-order valence-electron chi connectivity index (χ4n) is 0.331. The molecule has 0 aromatic carbocycles. The first kappa shape index (κ1) is 8.94. The lowest BCUT2D eigenvalue weighted by Crippen LogP contribution is -2.25. The van der Waals surface area contributed by atoms with E-state index in [1.165, 1.54) is 0 Å². The molecule has 0 rings (SSSR count). The molecule has 3 N–H and O–H groups in total. The molecule has 0 fully saturated rings. The molecule has 0 bridgehead atoms. The Morgan fingerprint density at radius 1 is 1.70 bits per heavy atom. The molecule has 0 saturated carbocycles. The van der Waals surface area contributed by atoms with E-state index in [1.807, 2.05) is 13.8 Å². The Balaban J connectivity index is 3.43. The van der Waals surface area contributed by atoms with Crippen molar-refractivity contribution in [1.82, 2.24) is 5.43 Å². The smallest absolute Gasteiger partial charge is 0.238 e. The lowest BCUT2D eigenvalue weighted by Gasteiger charge is -1.96. The third-order valence-corrected chi connectivity index (χ3v) is 1.03. The maximum Gasteiger partial charge on any atom is 0.238 e. The van der Waals surface area contributed by atoms with Gasteiger partial charge in [-0.3, -0.25) is 4.79 Å². The predicted molar refractivity (Wildman–Crippen MR) is 40.6 cm³/mol. The topological polar surface area (TPSA) is 67.5 Å². The normalized spacial score (nSPS) is 11.2. The van der Waals surface area contributed by atoms with Gasteiger partial charge in [-0.05, 0) is 13.3 Å². The van der Waals surface area contributed by atoms with Crippen molar-refractivity contribution in [1.29, 1.82) is 0 Å². The number of carbonyl (C=O) groups is 1. The molecular weight excluding hydrogens is 130 g/mol. The predicted octanol–water partition coefficient (Wildman–Crippen LogP) is -0.153. The van der Waals surface area contributed by atoms with Crippen molar-refractivity contribution in [2.75, 3.05) is 6.54 Å². The molecule has 0 atom stereocenters. The minimum atomic E-state index is -0.396. The van der Waals surface area contributed by atoms with Crippen LogP contribution in [0.4, 0.5) is 0 Å². The van der Waals surface area contributed by atoms with Gasteiger partial charge in [-0.1, -0.05) is 6.92 Å². The fourth-order valence-corrected chi connectivity index (χ4v) is 0.331. The van der Waals surface area contributed by atoms with Gasteiger partial charge in [-0.15, -0.1) is 0 Å². The molecule has 0 radical (unpaired) electrons. The van der Waals surface area contributed by atoms with Crippen molar-refractivity contribution in [2.45, 2.75) is 20.3 Å². The summed E-state index contributed by atoms with van der Waals surface area (Å²) in [6, 6.07) is 0. The first-order valence-corrected chi connectivity index (χ1v) is 3.21. The maximum atomic E-state index is 10.2. The van der Waals surface area contributed by atoms with Gasteiger partial charge in [0.15, 0.2) is 0 Å². The summed E-state index contributed by atoms with van der Waals surface area (Å²) >= 11 is 0. The van der Waals surface area contributed by atoms with Crippen LogP contribution in [0.15, 0.2) is 5.10 Å². The van der Waals surface area contributed by atoms with Gasteiger partial charge in [0.25, 0.3) is 0 Å². The molecule has 4 nitrogen and oxygen atoms in total. The van der Waals surface area contributed by atoms with Crippen LogP contribution in [0.25, 0.3) is 0 Å². The van der Waals surface area contributed by atoms with Gasteiger partial charge in [0.1, 0.15) is 6.54 Å². The summed E-state index contributed by atoms with van der Waals surface area (Å²) < 4.78 is 0. The summed E-state index contributed by atoms with van der Waals surface area (Å²) in [5, 5.41) is 3.85. The Bertz CT molecular complexity index is 142. The number of hydrogen-bond donors (Lipinski definition) is 2. The average Bonchev–Trinajstić information content (AvgIpc) is 1.87. The first-order valence-electron chi connectivity index (χ1n) is 3.21. The highest BCUT2D eigenvalue weighted by Gasteiger charge is 1.89. The van der Waals surface area contributed by atoms with E-state index in [2.05, 4.69) is 10.5 Å². The fraction of sp³-hybridized carbons (Fsp3) is 0.667. The van der Waals surface area contributed by atoms with E-state index in [9.17, 15) is 4.79 Å². The van der Waals surface area contributed by atoms with Gasteiger partial charge < -0.3 is 11.2 Å². The molecule has 0 aliphatic carbocycles. The van der Waals surface area contributed by atoms with E-state index in [-0.39, 0.29) is 6.54 Å². The van der Waals surface area contributed by atoms with E-state index in [0.717, 1.165) is 12.1 Å². The van der Waals surface area contributed by atoms with Gasteiger partial charge in [-0.2, -0.15) is 5.10 Å². The van der Waals surface area contributed by atoms with Crippen LogP contribution in [0.2, 0.25) is 0 Å². The summed E-state index contributed by atoms with van der Waals surface area (Å²) in [6.07, 6.45) is 0.881. The number of nitrogens with one attached hydrogen (secondary N) is 1. The molecule has 0 aliphatic heterocycles. The van der Waals surface area contributed by atoms with Crippen LogP contribution in [0.5, 0.6) is 0 Å². The van der Waals surface area contributed by atoms with Crippen LogP contribution in [-0.2, 0) is 4.79 Å². The van der Waals surface area contributed by atoms with Crippen molar-refractivity contribution in [3.8, 4) is 0 Å². The van der Waals surface area contributed by atoms with Crippen LogP contribution in [-0.4, -0.2) is 18.2 Å². The van der Waals surface area contributed by atoms with Gasteiger partial charge in [-0.25, -0.2) is 0 Å². The quantitative estimate of drug-likeness (QED) is 0.424. The zero-order valence-corrected chi connectivity index (χ0v) is 6.35. The molecule has 0 spiro atoms. The van der Waals surface area contributed by atoms with Gasteiger partial charge in [0, 0.05) is 5.71 Å². The Kier molecular flexibility index (Phi) is 4.28. The molecule has 0 aliphatic rings. The molecule has 0 unspecified atom stereocenters. The Labute approximate surface area is 60.5 Å². The Morgan fingerprint density at radius 2 is 2.30 bits per heavy atom. The van der Waals surface area contributed by atoms with E-state index in [1.54, 1.807) is 0 Å². The highest BCUT2D eigenvalue weighted by molar-refractivity contribution is 5.81. The monoisotopic (exact) mass is 143 g/mol. The first-order chi connectivity index (χ1) is 4.66.